The molecule has 0 amide bonds. The molecule has 1 atom stereocenters. The third-order valence-corrected chi connectivity index (χ3v) is 6.65. The van der Waals surface area contributed by atoms with E-state index in [2.05, 4.69) is 54.4 Å². The van der Waals surface area contributed by atoms with E-state index in [0.29, 0.717) is 11.5 Å². The first-order valence-electron chi connectivity index (χ1n) is 10.1. The number of carbonyl (C=O) groups is 1. The Morgan fingerprint density at radius 2 is 2.03 bits per heavy atom. The van der Waals surface area contributed by atoms with Crippen LogP contribution in [0.1, 0.15) is 57.8 Å². The Kier molecular flexibility index (Phi) is 6.00. The van der Waals surface area contributed by atoms with Crippen LogP contribution < -0.4 is 0 Å². The molecule has 1 aromatic heterocycles. The minimum absolute atomic E-state index is 0.376. The fraction of sp³-hybridized carbons (Fsp3) is 0.280. The van der Waals surface area contributed by atoms with Crippen LogP contribution in [0.5, 0.6) is 0 Å². The predicted molar refractivity (Wildman–Crippen MR) is 117 cm³/mol. The molecule has 3 aromatic rings. The van der Waals surface area contributed by atoms with Crippen LogP contribution in [0, 0.1) is 6.92 Å². The molecule has 0 fully saturated rings. The molecule has 1 aliphatic carbocycles. The number of nitrogens with zero attached hydrogens (tertiary/aromatic N) is 1. The van der Waals surface area contributed by atoms with Gasteiger partial charge in [-0.15, -0.1) is 0 Å². The molecule has 2 aromatic carbocycles. The van der Waals surface area contributed by atoms with Crippen molar-refractivity contribution in [1.82, 2.24) is 4.98 Å². The van der Waals surface area contributed by atoms with Gasteiger partial charge in [0.2, 0.25) is 0 Å². The molecule has 0 saturated carbocycles. The first kappa shape index (κ1) is 19.7. The maximum Gasteiger partial charge on any atom is 0.336 e. The summed E-state index contributed by atoms with van der Waals surface area (Å²) in [6, 6.07) is 17.1. The lowest BCUT2D eigenvalue weighted by molar-refractivity contribution is 0.0695. The summed E-state index contributed by atoms with van der Waals surface area (Å²) in [4.78, 5) is 18.1. The van der Waals surface area contributed by atoms with Gasteiger partial charge in [0.15, 0.2) is 0 Å². The van der Waals surface area contributed by atoms with Crippen LogP contribution in [0.4, 0.5) is 0 Å². The van der Waals surface area contributed by atoms with Crippen molar-refractivity contribution in [3.63, 3.8) is 0 Å². The number of rotatable bonds is 6. The zero-order valence-corrected chi connectivity index (χ0v) is 17.4. The van der Waals surface area contributed by atoms with Crippen molar-refractivity contribution in [3.05, 3.63) is 88.7 Å². The predicted octanol–water partition coefficient (Wildman–Crippen LogP) is 6.29. The number of hydrogen-bond donors (Lipinski definition) is 1. The van der Waals surface area contributed by atoms with Gasteiger partial charge in [0.1, 0.15) is 0 Å². The Morgan fingerprint density at radius 3 is 2.86 bits per heavy atom. The average Bonchev–Trinajstić information content (AvgIpc) is 2.72. The van der Waals surface area contributed by atoms with E-state index in [1.165, 1.54) is 39.3 Å². The standard InChI is InChI=1S/C25H25NO2S/c1-17-4-2-7-21(14-17)29-22-10-11-23-18(5-3-6-19(23)15-22)8-9-20-16-26-13-12-24(20)25(27)28/h2,4,7,10-16,18H,3,5-6,8-9H2,1H3,(H,27,28)/t18-/m0/s1. The zero-order chi connectivity index (χ0) is 20.2. The third-order valence-electron chi connectivity index (χ3n) is 5.67. The Hall–Kier alpha value is -2.59. The van der Waals surface area contributed by atoms with Crippen molar-refractivity contribution in [2.24, 2.45) is 0 Å². The van der Waals surface area contributed by atoms with Gasteiger partial charge >= 0.3 is 5.97 Å². The fourth-order valence-corrected chi connectivity index (χ4v) is 5.24. The summed E-state index contributed by atoms with van der Waals surface area (Å²) < 4.78 is 0. The molecule has 1 heterocycles. The van der Waals surface area contributed by atoms with E-state index in [1.807, 2.05) is 11.8 Å². The van der Waals surface area contributed by atoms with Crippen molar-refractivity contribution in [2.75, 3.05) is 0 Å². The minimum Gasteiger partial charge on any atom is -0.478 e. The monoisotopic (exact) mass is 403 g/mol. The maximum absolute atomic E-state index is 11.4. The molecule has 0 spiro atoms. The third kappa shape index (κ3) is 4.70. The average molecular weight is 404 g/mol. The highest BCUT2D eigenvalue weighted by atomic mass is 32.2. The van der Waals surface area contributed by atoms with Crippen LogP contribution in [0.15, 0.2) is 70.7 Å². The second-order valence-corrected chi connectivity index (χ2v) is 8.89. The molecule has 1 N–H and O–H groups in total. The molecule has 0 radical (unpaired) electrons. The molecule has 4 heteroatoms. The van der Waals surface area contributed by atoms with Gasteiger partial charge in [0.25, 0.3) is 0 Å². The molecule has 29 heavy (non-hydrogen) atoms. The molecule has 0 aliphatic heterocycles. The maximum atomic E-state index is 11.4. The number of aryl methyl sites for hydroxylation is 3. The van der Waals surface area contributed by atoms with E-state index in [0.717, 1.165) is 24.8 Å². The SMILES string of the molecule is Cc1cccc(Sc2ccc3c(c2)CCC[C@H]3CCc2cnccc2C(=O)O)c1. The minimum atomic E-state index is -0.871. The fourth-order valence-electron chi connectivity index (χ4n) is 4.23. The Labute approximate surface area is 176 Å². The summed E-state index contributed by atoms with van der Waals surface area (Å²) in [6.07, 6.45) is 8.45. The number of carboxylic acid groups (broad SMARTS) is 1. The second kappa shape index (κ2) is 8.83. The van der Waals surface area contributed by atoms with E-state index >= 15 is 0 Å². The molecule has 1 aliphatic rings. The van der Waals surface area contributed by atoms with Gasteiger partial charge in [-0.25, -0.2) is 4.79 Å². The van der Waals surface area contributed by atoms with Gasteiger partial charge in [-0.05, 0) is 92.0 Å². The van der Waals surface area contributed by atoms with Crippen molar-refractivity contribution in [2.45, 2.75) is 54.7 Å². The van der Waals surface area contributed by atoms with E-state index in [4.69, 9.17) is 0 Å². The van der Waals surface area contributed by atoms with Crippen molar-refractivity contribution >= 4 is 17.7 Å². The van der Waals surface area contributed by atoms with Gasteiger partial charge in [0, 0.05) is 22.2 Å². The lowest BCUT2D eigenvalue weighted by Gasteiger charge is -2.26. The number of aromatic nitrogens is 1. The summed E-state index contributed by atoms with van der Waals surface area (Å²) in [6.45, 7) is 2.12. The van der Waals surface area contributed by atoms with Gasteiger partial charge < -0.3 is 5.11 Å². The number of pyridine rings is 1. The van der Waals surface area contributed by atoms with Gasteiger partial charge in [-0.2, -0.15) is 0 Å². The summed E-state index contributed by atoms with van der Waals surface area (Å²) in [5, 5.41) is 9.40. The van der Waals surface area contributed by atoms with Crippen LogP contribution in [0.2, 0.25) is 0 Å². The molecular formula is C25H25NO2S. The molecule has 4 rings (SSSR count). The summed E-state index contributed by atoms with van der Waals surface area (Å²) in [5.74, 6) is -0.386. The molecule has 0 unspecified atom stereocenters. The molecule has 0 saturated heterocycles. The smallest absolute Gasteiger partial charge is 0.336 e. The highest BCUT2D eigenvalue weighted by Gasteiger charge is 2.21. The number of aromatic carboxylic acids is 1. The second-order valence-electron chi connectivity index (χ2n) is 7.74. The van der Waals surface area contributed by atoms with Gasteiger partial charge in [0.05, 0.1) is 5.56 Å². The lowest BCUT2D eigenvalue weighted by Crippen LogP contribution is -2.12. The Bertz CT molecular complexity index is 1030. The normalized spacial score (nSPS) is 15.7. The highest BCUT2D eigenvalue weighted by Crippen LogP contribution is 2.38. The molecular weight excluding hydrogens is 378 g/mol. The van der Waals surface area contributed by atoms with Crippen LogP contribution in [0.25, 0.3) is 0 Å². The summed E-state index contributed by atoms with van der Waals surface area (Å²) >= 11 is 1.82. The topological polar surface area (TPSA) is 50.2 Å². The highest BCUT2D eigenvalue weighted by molar-refractivity contribution is 7.99. The number of carboxylic acids is 1. The van der Waals surface area contributed by atoms with E-state index < -0.39 is 5.97 Å². The number of benzene rings is 2. The van der Waals surface area contributed by atoms with Crippen molar-refractivity contribution < 1.29 is 9.90 Å². The van der Waals surface area contributed by atoms with Crippen LogP contribution in [-0.2, 0) is 12.8 Å². The molecule has 3 nitrogen and oxygen atoms in total. The lowest BCUT2D eigenvalue weighted by atomic mass is 9.80. The Morgan fingerprint density at radius 1 is 1.17 bits per heavy atom. The largest absolute Gasteiger partial charge is 0.478 e. The van der Waals surface area contributed by atoms with Crippen molar-refractivity contribution in [3.8, 4) is 0 Å². The van der Waals surface area contributed by atoms with Gasteiger partial charge in [-0.3, -0.25) is 4.98 Å². The van der Waals surface area contributed by atoms with Crippen LogP contribution >= 0.6 is 11.8 Å². The molecule has 0 bridgehead atoms. The van der Waals surface area contributed by atoms with Crippen molar-refractivity contribution in [1.29, 1.82) is 0 Å². The zero-order valence-electron chi connectivity index (χ0n) is 16.6. The van der Waals surface area contributed by atoms with E-state index in [1.54, 1.807) is 18.5 Å². The first-order valence-corrected chi connectivity index (χ1v) is 11.0. The summed E-state index contributed by atoms with van der Waals surface area (Å²) in [5.41, 5.74) is 5.37. The number of hydrogen-bond acceptors (Lipinski definition) is 3. The summed E-state index contributed by atoms with van der Waals surface area (Å²) in [7, 11) is 0. The van der Waals surface area contributed by atoms with E-state index in [-0.39, 0.29) is 0 Å². The van der Waals surface area contributed by atoms with Crippen LogP contribution in [-0.4, -0.2) is 16.1 Å². The van der Waals surface area contributed by atoms with Crippen LogP contribution in [0.3, 0.4) is 0 Å². The quantitative estimate of drug-likeness (QED) is 0.525. The van der Waals surface area contributed by atoms with Gasteiger partial charge in [-0.1, -0.05) is 35.5 Å². The van der Waals surface area contributed by atoms with E-state index in [9.17, 15) is 9.90 Å². The molecule has 148 valence electrons. The first-order chi connectivity index (χ1) is 14.1. The number of fused-ring (bicyclic) bond motifs is 1. The Balaban J connectivity index is 1.49.